The Labute approximate surface area is 181 Å². The molecule has 1 rings (SSSR count). The van der Waals surface area contributed by atoms with Crippen molar-refractivity contribution in [2.45, 2.75) is 145 Å². The summed E-state index contributed by atoms with van der Waals surface area (Å²) >= 11 is 0. The van der Waals surface area contributed by atoms with Crippen molar-refractivity contribution in [3.05, 3.63) is 0 Å². The highest BCUT2D eigenvalue weighted by atomic mass is 17.2. The van der Waals surface area contributed by atoms with E-state index in [0.717, 1.165) is 19.3 Å². The monoisotopic (exact) mass is 414 g/mol. The highest BCUT2D eigenvalue weighted by molar-refractivity contribution is 4.98. The van der Waals surface area contributed by atoms with Gasteiger partial charge in [0.05, 0.1) is 22.4 Å². The molecule has 0 saturated heterocycles. The highest BCUT2D eigenvalue weighted by Gasteiger charge is 2.49. The maximum Gasteiger partial charge on any atom is 0.0985 e. The van der Waals surface area contributed by atoms with Crippen molar-refractivity contribution in [2.75, 3.05) is 0 Å². The summed E-state index contributed by atoms with van der Waals surface area (Å²) in [5.41, 5.74) is -1.04. The summed E-state index contributed by atoms with van der Waals surface area (Å²) in [4.78, 5) is 23.4. The Bertz CT molecular complexity index is 488. The van der Waals surface area contributed by atoms with Crippen LogP contribution in [0.5, 0.6) is 0 Å². The van der Waals surface area contributed by atoms with Gasteiger partial charge in [-0.25, -0.2) is 19.6 Å². The Hall–Kier alpha value is -0.160. The summed E-state index contributed by atoms with van der Waals surface area (Å²) in [5, 5.41) is 0. The molecule has 1 fully saturated rings. The SMILES string of the molecule is CC1CC(C)(C)CC(CC(C)(C)OOC(C)(C)C)(CC(C)(C)OOC(C)(C)C)C1. The van der Waals surface area contributed by atoms with E-state index in [9.17, 15) is 0 Å². The van der Waals surface area contributed by atoms with E-state index in [1.807, 2.05) is 41.5 Å². The van der Waals surface area contributed by atoms with E-state index in [2.05, 4.69) is 48.5 Å². The molecule has 1 aliphatic carbocycles. The van der Waals surface area contributed by atoms with Crippen molar-refractivity contribution >= 4 is 0 Å². The third-order valence-corrected chi connectivity index (χ3v) is 5.17. The summed E-state index contributed by atoms with van der Waals surface area (Å²) in [7, 11) is 0. The van der Waals surface area contributed by atoms with Gasteiger partial charge in [0.1, 0.15) is 0 Å². The Balaban J connectivity index is 3.10. The Morgan fingerprint density at radius 2 is 1.03 bits per heavy atom. The molecule has 0 bridgehead atoms. The van der Waals surface area contributed by atoms with Crippen LogP contribution in [0, 0.1) is 16.7 Å². The molecule has 1 unspecified atom stereocenters. The van der Waals surface area contributed by atoms with E-state index in [0.29, 0.717) is 11.3 Å². The fourth-order valence-corrected chi connectivity index (χ4v) is 5.59. The lowest BCUT2D eigenvalue weighted by molar-refractivity contribution is -0.410. The molecule has 29 heavy (non-hydrogen) atoms. The van der Waals surface area contributed by atoms with Crippen LogP contribution in [-0.4, -0.2) is 22.4 Å². The molecule has 1 atom stereocenters. The van der Waals surface area contributed by atoms with Gasteiger partial charge in [-0.1, -0.05) is 20.8 Å². The first-order valence-electron chi connectivity index (χ1n) is 11.4. The van der Waals surface area contributed by atoms with E-state index in [4.69, 9.17) is 19.6 Å². The van der Waals surface area contributed by atoms with Crippen LogP contribution in [0.4, 0.5) is 0 Å². The molecule has 1 aliphatic rings. The van der Waals surface area contributed by atoms with Gasteiger partial charge in [-0.3, -0.25) is 0 Å². The molecule has 0 aromatic carbocycles. The largest absolute Gasteiger partial charge is 0.230 e. The lowest BCUT2D eigenvalue weighted by Gasteiger charge is -2.52. The summed E-state index contributed by atoms with van der Waals surface area (Å²) in [5.74, 6) is 0.664. The Kier molecular flexibility index (Phi) is 8.12. The van der Waals surface area contributed by atoms with Crippen LogP contribution in [0.25, 0.3) is 0 Å². The first-order chi connectivity index (χ1) is 12.6. The fraction of sp³-hybridized carbons (Fsp3) is 1.00. The van der Waals surface area contributed by atoms with Crippen LogP contribution in [-0.2, 0) is 19.6 Å². The molecular formula is C25H50O4. The minimum absolute atomic E-state index is 0.0939. The van der Waals surface area contributed by atoms with Gasteiger partial charge in [-0.2, -0.15) is 0 Å². The number of rotatable bonds is 8. The normalized spacial score (nSPS) is 23.3. The van der Waals surface area contributed by atoms with Crippen molar-refractivity contribution in [1.82, 2.24) is 0 Å². The van der Waals surface area contributed by atoms with Crippen LogP contribution in [0.1, 0.15) is 122 Å². The van der Waals surface area contributed by atoms with Gasteiger partial charge in [-0.15, -0.1) is 0 Å². The topological polar surface area (TPSA) is 36.9 Å². The molecule has 0 spiro atoms. The third-order valence-electron chi connectivity index (χ3n) is 5.17. The van der Waals surface area contributed by atoms with Crippen LogP contribution in [0.3, 0.4) is 0 Å². The zero-order valence-corrected chi connectivity index (χ0v) is 21.7. The summed E-state index contributed by atoms with van der Waals surface area (Å²) in [6.07, 6.45) is 5.42. The molecule has 1 saturated carbocycles. The third kappa shape index (κ3) is 10.6. The van der Waals surface area contributed by atoms with Crippen molar-refractivity contribution in [1.29, 1.82) is 0 Å². The van der Waals surface area contributed by atoms with Gasteiger partial charge < -0.3 is 0 Å². The standard InChI is InChI=1S/C25H50O4/c1-19-14-22(8,9)16-25(15-19,17-23(10,11)28-26-20(2,3)4)18-24(12,13)29-27-21(5,6)7/h19H,14-18H2,1-13H3. The average molecular weight is 415 g/mol. The zero-order valence-electron chi connectivity index (χ0n) is 21.7. The second-order valence-corrected chi connectivity index (χ2v) is 13.8. The molecule has 4 heteroatoms. The van der Waals surface area contributed by atoms with E-state index >= 15 is 0 Å². The van der Waals surface area contributed by atoms with Crippen molar-refractivity contribution in [3.8, 4) is 0 Å². The van der Waals surface area contributed by atoms with Crippen LogP contribution in [0.2, 0.25) is 0 Å². The molecule has 0 heterocycles. The predicted molar refractivity (Wildman–Crippen MR) is 120 cm³/mol. The second-order valence-electron chi connectivity index (χ2n) is 13.8. The minimum atomic E-state index is -0.388. The van der Waals surface area contributed by atoms with E-state index < -0.39 is 0 Å². The second kappa shape index (κ2) is 8.76. The fourth-order valence-electron chi connectivity index (χ4n) is 5.59. The van der Waals surface area contributed by atoms with E-state index in [1.54, 1.807) is 0 Å². The summed E-state index contributed by atoms with van der Waals surface area (Å²) in [6.45, 7) is 27.9. The molecular weight excluding hydrogens is 364 g/mol. The Morgan fingerprint density at radius 1 is 0.655 bits per heavy atom. The van der Waals surface area contributed by atoms with E-state index in [-0.39, 0.29) is 27.8 Å². The first-order valence-corrected chi connectivity index (χ1v) is 11.4. The molecule has 0 N–H and O–H groups in total. The number of hydrogen-bond acceptors (Lipinski definition) is 4. The van der Waals surface area contributed by atoms with Gasteiger partial charge >= 0.3 is 0 Å². The quantitative estimate of drug-likeness (QED) is 0.302. The van der Waals surface area contributed by atoms with Gasteiger partial charge in [0.25, 0.3) is 0 Å². The molecule has 0 radical (unpaired) electrons. The van der Waals surface area contributed by atoms with Crippen molar-refractivity contribution in [2.24, 2.45) is 16.7 Å². The molecule has 0 aliphatic heterocycles. The molecule has 0 aromatic heterocycles. The number of hydrogen-bond donors (Lipinski definition) is 0. The smallest absolute Gasteiger partial charge is 0.0985 e. The lowest BCUT2D eigenvalue weighted by atomic mass is 9.55. The van der Waals surface area contributed by atoms with Crippen molar-refractivity contribution in [3.63, 3.8) is 0 Å². The van der Waals surface area contributed by atoms with Crippen LogP contribution < -0.4 is 0 Å². The van der Waals surface area contributed by atoms with Gasteiger partial charge in [-0.05, 0) is 118 Å². The maximum absolute atomic E-state index is 5.98. The molecule has 174 valence electrons. The molecule has 0 aromatic rings. The van der Waals surface area contributed by atoms with Crippen LogP contribution >= 0.6 is 0 Å². The average Bonchev–Trinajstić information content (AvgIpc) is 2.38. The summed E-state index contributed by atoms with van der Waals surface area (Å²) in [6, 6.07) is 0. The maximum atomic E-state index is 5.98. The first kappa shape index (κ1) is 26.9. The Morgan fingerprint density at radius 3 is 1.34 bits per heavy atom. The minimum Gasteiger partial charge on any atom is -0.230 e. The van der Waals surface area contributed by atoms with E-state index in [1.165, 1.54) is 12.8 Å². The molecule has 4 nitrogen and oxygen atoms in total. The summed E-state index contributed by atoms with van der Waals surface area (Å²) < 4.78 is 0. The molecule has 0 amide bonds. The predicted octanol–water partition coefficient (Wildman–Crippen LogP) is 7.65. The van der Waals surface area contributed by atoms with Gasteiger partial charge in [0.2, 0.25) is 0 Å². The lowest BCUT2D eigenvalue weighted by Crippen LogP contribution is -2.47. The van der Waals surface area contributed by atoms with Gasteiger partial charge in [0, 0.05) is 0 Å². The highest BCUT2D eigenvalue weighted by Crippen LogP contribution is 2.56. The van der Waals surface area contributed by atoms with Gasteiger partial charge in [0.15, 0.2) is 0 Å². The van der Waals surface area contributed by atoms with Crippen molar-refractivity contribution < 1.29 is 19.6 Å². The zero-order chi connectivity index (χ0) is 22.9. The van der Waals surface area contributed by atoms with Crippen LogP contribution in [0.15, 0.2) is 0 Å².